The minimum absolute atomic E-state index is 0.0135. The van der Waals surface area contributed by atoms with E-state index in [1.165, 1.54) is 6.92 Å². The fraction of sp³-hybridized carbons (Fsp3) is 0.800. The lowest BCUT2D eigenvalue weighted by Gasteiger charge is -2.06. The summed E-state index contributed by atoms with van der Waals surface area (Å²) in [6.07, 6.45) is -0.347. The third-order valence-electron chi connectivity index (χ3n) is 1.27. The van der Waals surface area contributed by atoms with Gasteiger partial charge in [-0.2, -0.15) is 0 Å². The normalized spacial score (nSPS) is 14.5. The topological polar surface area (TPSA) is 94.8 Å². The highest BCUT2D eigenvalue weighted by molar-refractivity contribution is 7.51. The number of carboxylic acids is 1. The summed E-state index contributed by atoms with van der Waals surface area (Å²) in [6.45, 7) is 1.41. The minimum atomic E-state index is -4.02. The molecule has 3 N–H and O–H groups in total. The number of carbonyl (C=O) groups is 1. The van der Waals surface area contributed by atoms with E-state index in [2.05, 4.69) is 0 Å². The molecule has 0 spiro atoms. The van der Waals surface area contributed by atoms with E-state index in [1.807, 2.05) is 0 Å². The number of hydrogen-bond donors (Lipinski definition) is 3. The molecule has 11 heavy (non-hydrogen) atoms. The maximum absolute atomic E-state index is 10.3. The van der Waals surface area contributed by atoms with E-state index in [0.29, 0.717) is 0 Å². The van der Waals surface area contributed by atoms with Gasteiger partial charge in [0.1, 0.15) is 0 Å². The van der Waals surface area contributed by atoms with E-state index in [1.54, 1.807) is 0 Å². The molecular weight excluding hydrogens is 171 g/mol. The zero-order valence-corrected chi connectivity index (χ0v) is 6.99. The fourth-order valence-electron chi connectivity index (χ4n) is 0.485. The highest BCUT2D eigenvalue weighted by Gasteiger charge is 2.18. The minimum Gasteiger partial charge on any atom is -0.481 e. The first-order chi connectivity index (χ1) is 4.83. The second-order valence-electron chi connectivity index (χ2n) is 2.42. The molecule has 1 unspecified atom stereocenters. The van der Waals surface area contributed by atoms with Crippen LogP contribution in [-0.2, 0) is 9.36 Å². The molecule has 0 amide bonds. The first-order valence-electron chi connectivity index (χ1n) is 3.10. The van der Waals surface area contributed by atoms with Crippen LogP contribution >= 0.6 is 7.60 Å². The van der Waals surface area contributed by atoms with Crippen LogP contribution in [0.25, 0.3) is 0 Å². The molecule has 0 aliphatic rings. The molecule has 0 rings (SSSR count). The smallest absolute Gasteiger partial charge is 0.325 e. The third-order valence-corrected chi connectivity index (χ3v) is 2.12. The van der Waals surface area contributed by atoms with E-state index >= 15 is 0 Å². The van der Waals surface area contributed by atoms with Gasteiger partial charge in [0.2, 0.25) is 0 Å². The Balaban J connectivity index is 3.72. The Hall–Kier alpha value is -0.380. The zero-order chi connectivity index (χ0) is 9.07. The van der Waals surface area contributed by atoms with Crippen LogP contribution in [0.2, 0.25) is 0 Å². The van der Waals surface area contributed by atoms with Crippen molar-refractivity contribution in [2.75, 3.05) is 6.16 Å². The van der Waals surface area contributed by atoms with Crippen molar-refractivity contribution < 1.29 is 24.3 Å². The molecule has 66 valence electrons. The van der Waals surface area contributed by atoms with Crippen molar-refractivity contribution in [1.82, 2.24) is 0 Å². The summed E-state index contributed by atoms with van der Waals surface area (Å²) in [5.41, 5.74) is 0. The number of aliphatic carboxylic acids is 1. The molecule has 1 atom stereocenters. The molecule has 5 nitrogen and oxygen atoms in total. The maximum atomic E-state index is 10.3. The predicted octanol–water partition coefficient (Wildman–Crippen LogP) is 0.275. The van der Waals surface area contributed by atoms with Gasteiger partial charge in [-0.1, -0.05) is 6.92 Å². The van der Waals surface area contributed by atoms with Crippen LogP contribution in [0.15, 0.2) is 0 Å². The summed E-state index contributed by atoms with van der Waals surface area (Å²) in [4.78, 5) is 26.9. The molecule has 0 aromatic heterocycles. The summed E-state index contributed by atoms with van der Waals surface area (Å²) in [6, 6.07) is 0. The average Bonchev–Trinajstić information content (AvgIpc) is 1.80. The van der Waals surface area contributed by atoms with Gasteiger partial charge in [-0.15, -0.1) is 0 Å². The molecule has 6 heteroatoms. The monoisotopic (exact) mass is 182 g/mol. The Morgan fingerprint density at radius 2 is 2.00 bits per heavy atom. The molecule has 0 aliphatic heterocycles. The van der Waals surface area contributed by atoms with Crippen molar-refractivity contribution in [2.24, 2.45) is 5.92 Å². The summed E-state index contributed by atoms with van der Waals surface area (Å²) < 4.78 is 10.3. The lowest BCUT2D eigenvalue weighted by Crippen LogP contribution is -2.10. The highest BCUT2D eigenvalue weighted by atomic mass is 31.2. The van der Waals surface area contributed by atoms with Crippen molar-refractivity contribution in [3.05, 3.63) is 0 Å². The van der Waals surface area contributed by atoms with Gasteiger partial charge < -0.3 is 14.9 Å². The van der Waals surface area contributed by atoms with Crippen LogP contribution in [0.3, 0.4) is 0 Å². The lowest BCUT2D eigenvalue weighted by atomic mass is 10.1. The van der Waals surface area contributed by atoms with E-state index in [0.717, 1.165) is 0 Å². The molecule has 0 aliphatic carbocycles. The molecular formula is C5H11O5P. The Morgan fingerprint density at radius 3 is 2.27 bits per heavy atom. The Bertz CT molecular complexity index is 183. The molecule has 0 radical (unpaired) electrons. The van der Waals surface area contributed by atoms with Gasteiger partial charge in [0, 0.05) is 0 Å². The van der Waals surface area contributed by atoms with E-state index in [9.17, 15) is 9.36 Å². The Morgan fingerprint density at radius 1 is 1.55 bits per heavy atom. The molecule has 0 aromatic carbocycles. The van der Waals surface area contributed by atoms with Crippen LogP contribution in [0, 0.1) is 5.92 Å². The quantitative estimate of drug-likeness (QED) is 0.542. The Labute approximate surface area is 64.2 Å². The second-order valence-corrected chi connectivity index (χ2v) is 4.19. The Kier molecular flexibility index (Phi) is 3.72. The van der Waals surface area contributed by atoms with Crippen molar-refractivity contribution in [1.29, 1.82) is 0 Å². The van der Waals surface area contributed by atoms with Gasteiger partial charge in [-0.3, -0.25) is 9.36 Å². The maximum Gasteiger partial charge on any atom is 0.325 e. The molecule has 0 fully saturated rings. The number of carboxylic acid groups (broad SMARTS) is 1. The highest BCUT2D eigenvalue weighted by Crippen LogP contribution is 2.35. The van der Waals surface area contributed by atoms with Crippen molar-refractivity contribution >= 4 is 13.6 Å². The van der Waals surface area contributed by atoms with Gasteiger partial charge in [-0.25, -0.2) is 0 Å². The zero-order valence-electron chi connectivity index (χ0n) is 6.10. The van der Waals surface area contributed by atoms with E-state index in [-0.39, 0.29) is 12.6 Å². The third kappa shape index (κ3) is 6.04. The van der Waals surface area contributed by atoms with E-state index < -0.39 is 19.5 Å². The lowest BCUT2D eigenvalue weighted by molar-refractivity contribution is -0.141. The molecule has 0 aromatic rings. The fourth-order valence-corrected chi connectivity index (χ4v) is 1.21. The van der Waals surface area contributed by atoms with Gasteiger partial charge in [0.25, 0.3) is 0 Å². The van der Waals surface area contributed by atoms with Gasteiger partial charge in [0.15, 0.2) is 0 Å². The number of rotatable bonds is 4. The second kappa shape index (κ2) is 3.85. The SMILES string of the molecule is CC(CCP(=O)(O)O)C(=O)O. The first-order valence-corrected chi connectivity index (χ1v) is 4.90. The average molecular weight is 182 g/mol. The van der Waals surface area contributed by atoms with E-state index in [4.69, 9.17) is 14.9 Å². The molecule has 0 saturated carbocycles. The van der Waals surface area contributed by atoms with Crippen LogP contribution in [-0.4, -0.2) is 27.0 Å². The summed E-state index contributed by atoms with van der Waals surface area (Å²) in [5.74, 6) is -1.72. The standard InChI is InChI=1S/C5H11O5P/c1-4(5(6)7)2-3-11(8,9)10/h4H,2-3H2,1H3,(H,6,7)(H2,8,9,10). The largest absolute Gasteiger partial charge is 0.481 e. The molecule has 0 bridgehead atoms. The van der Waals surface area contributed by atoms with Crippen LogP contribution < -0.4 is 0 Å². The molecule has 0 heterocycles. The van der Waals surface area contributed by atoms with Crippen LogP contribution in [0.1, 0.15) is 13.3 Å². The molecule has 0 saturated heterocycles. The summed E-state index contributed by atoms with van der Waals surface area (Å²) in [5, 5.41) is 8.33. The number of hydrogen-bond acceptors (Lipinski definition) is 2. The van der Waals surface area contributed by atoms with Crippen LogP contribution in [0.4, 0.5) is 0 Å². The summed E-state index contributed by atoms with van der Waals surface area (Å²) in [7, 11) is -4.02. The van der Waals surface area contributed by atoms with Crippen molar-refractivity contribution in [2.45, 2.75) is 13.3 Å². The van der Waals surface area contributed by atoms with Crippen molar-refractivity contribution in [3.63, 3.8) is 0 Å². The van der Waals surface area contributed by atoms with Crippen molar-refractivity contribution in [3.8, 4) is 0 Å². The first kappa shape index (κ1) is 10.6. The van der Waals surface area contributed by atoms with Gasteiger partial charge in [-0.05, 0) is 6.42 Å². The van der Waals surface area contributed by atoms with Gasteiger partial charge in [0.05, 0.1) is 12.1 Å². The summed E-state index contributed by atoms with van der Waals surface area (Å²) >= 11 is 0. The van der Waals surface area contributed by atoms with Gasteiger partial charge >= 0.3 is 13.6 Å². The predicted molar refractivity (Wildman–Crippen MR) is 38.3 cm³/mol. The van der Waals surface area contributed by atoms with Crippen LogP contribution in [0.5, 0.6) is 0 Å².